The van der Waals surface area contributed by atoms with Gasteiger partial charge in [-0.15, -0.1) is 0 Å². The lowest BCUT2D eigenvalue weighted by Gasteiger charge is -2.11. The Morgan fingerprint density at radius 3 is 2.93 bits per heavy atom. The summed E-state index contributed by atoms with van der Waals surface area (Å²) in [7, 11) is 3.28. The van der Waals surface area contributed by atoms with Crippen LogP contribution in [-0.4, -0.2) is 58.1 Å². The van der Waals surface area contributed by atoms with Crippen LogP contribution in [0.3, 0.4) is 0 Å². The Hall–Kier alpha value is -3.47. The Morgan fingerprint density at radius 1 is 1.43 bits per heavy atom. The maximum Gasteiger partial charge on any atom is 0.274 e. The average Bonchev–Trinajstić information content (AvgIpc) is 3.25. The molecule has 1 saturated carbocycles. The second kappa shape index (κ2) is 8.11. The molecule has 1 amide bonds. The van der Waals surface area contributed by atoms with E-state index in [4.69, 9.17) is 4.74 Å². The zero-order chi connectivity index (χ0) is 21.3. The molecule has 1 fully saturated rings. The summed E-state index contributed by atoms with van der Waals surface area (Å²) in [6, 6.07) is 4.60. The minimum Gasteiger partial charge on any atom is -0.383 e. The number of halogens is 1. The van der Waals surface area contributed by atoms with Gasteiger partial charge < -0.3 is 25.3 Å². The third-order valence-electron chi connectivity index (χ3n) is 4.82. The molecule has 0 radical (unpaired) electrons. The lowest BCUT2D eigenvalue weighted by Crippen LogP contribution is -2.27. The van der Waals surface area contributed by atoms with Crippen molar-refractivity contribution < 1.29 is 13.9 Å². The molecule has 10 nitrogen and oxygen atoms in total. The van der Waals surface area contributed by atoms with Gasteiger partial charge in [0.05, 0.1) is 18.8 Å². The van der Waals surface area contributed by atoms with Crippen molar-refractivity contribution in [2.75, 3.05) is 31.4 Å². The zero-order valence-electron chi connectivity index (χ0n) is 16.6. The number of hydrogen-bond acceptors (Lipinski definition) is 7. The molecule has 1 aliphatic rings. The number of rotatable bonds is 8. The quantitative estimate of drug-likeness (QED) is 0.506. The molecule has 0 saturated heterocycles. The van der Waals surface area contributed by atoms with Crippen LogP contribution in [0, 0.1) is 0 Å². The summed E-state index contributed by atoms with van der Waals surface area (Å²) in [5.74, 6) is 0.480. The molecular weight excluding hydrogens is 393 g/mol. The number of carbonyl (C=O) groups excluding carboxylic acids is 1. The molecule has 0 spiro atoms. The van der Waals surface area contributed by atoms with Crippen LogP contribution in [0.2, 0.25) is 0 Å². The van der Waals surface area contributed by atoms with E-state index < -0.39 is 18.1 Å². The van der Waals surface area contributed by atoms with E-state index in [0.717, 1.165) is 0 Å². The SMILES string of the molecule is CNc1cc(Nc2cccn(CCOC)c2=O)nc2c(C(=O)N[C@@H]3C[C@@H]3F)cnn12. The fourth-order valence-electron chi connectivity index (χ4n) is 3.06. The van der Waals surface area contributed by atoms with Gasteiger partial charge in [-0.05, 0) is 12.1 Å². The number of fused-ring (bicyclic) bond motifs is 1. The van der Waals surface area contributed by atoms with Crippen LogP contribution in [0.4, 0.5) is 21.7 Å². The molecule has 0 aromatic carbocycles. The van der Waals surface area contributed by atoms with E-state index in [1.54, 1.807) is 38.6 Å². The molecule has 2 atom stereocenters. The number of amides is 1. The average molecular weight is 415 g/mol. The minimum atomic E-state index is -1.01. The highest BCUT2D eigenvalue weighted by molar-refractivity contribution is 6.00. The highest BCUT2D eigenvalue weighted by atomic mass is 19.1. The van der Waals surface area contributed by atoms with Crippen LogP contribution < -0.4 is 21.5 Å². The lowest BCUT2D eigenvalue weighted by atomic mass is 10.3. The van der Waals surface area contributed by atoms with E-state index in [9.17, 15) is 14.0 Å². The maximum absolute atomic E-state index is 13.2. The first-order valence-corrected chi connectivity index (χ1v) is 9.48. The van der Waals surface area contributed by atoms with Gasteiger partial charge in [-0.2, -0.15) is 9.61 Å². The van der Waals surface area contributed by atoms with Crippen LogP contribution in [0.5, 0.6) is 0 Å². The number of pyridine rings is 1. The Balaban J connectivity index is 1.67. The minimum absolute atomic E-state index is 0.222. The molecule has 158 valence electrons. The number of nitrogens with one attached hydrogen (secondary N) is 3. The maximum atomic E-state index is 13.2. The lowest BCUT2D eigenvalue weighted by molar-refractivity contribution is 0.0949. The second-order valence-corrected chi connectivity index (χ2v) is 6.94. The monoisotopic (exact) mass is 415 g/mol. The van der Waals surface area contributed by atoms with Crippen molar-refractivity contribution in [1.82, 2.24) is 24.5 Å². The van der Waals surface area contributed by atoms with E-state index >= 15 is 0 Å². The summed E-state index contributed by atoms with van der Waals surface area (Å²) in [6.07, 6.45) is 2.37. The van der Waals surface area contributed by atoms with E-state index in [2.05, 4.69) is 26.0 Å². The van der Waals surface area contributed by atoms with Crippen molar-refractivity contribution >= 4 is 28.9 Å². The summed E-state index contributed by atoms with van der Waals surface area (Å²) in [5.41, 5.74) is 0.612. The number of aromatic nitrogens is 4. The fraction of sp³-hybridized carbons (Fsp3) is 0.368. The van der Waals surface area contributed by atoms with E-state index in [-0.39, 0.29) is 16.8 Å². The normalized spacial score (nSPS) is 17.7. The first-order chi connectivity index (χ1) is 14.5. The van der Waals surface area contributed by atoms with E-state index in [0.29, 0.717) is 36.9 Å². The highest BCUT2D eigenvalue weighted by Crippen LogP contribution is 2.26. The molecule has 30 heavy (non-hydrogen) atoms. The molecule has 4 rings (SSSR count). The van der Waals surface area contributed by atoms with Crippen molar-refractivity contribution in [3.8, 4) is 0 Å². The third-order valence-corrected chi connectivity index (χ3v) is 4.82. The highest BCUT2D eigenvalue weighted by Gasteiger charge is 2.39. The predicted octanol–water partition coefficient (Wildman–Crippen LogP) is 1.16. The van der Waals surface area contributed by atoms with Crippen molar-refractivity contribution in [3.63, 3.8) is 0 Å². The van der Waals surface area contributed by atoms with Crippen molar-refractivity contribution in [2.45, 2.75) is 25.2 Å². The number of methoxy groups -OCH3 is 1. The van der Waals surface area contributed by atoms with Crippen LogP contribution >= 0.6 is 0 Å². The molecule has 0 unspecified atom stereocenters. The number of hydrogen-bond donors (Lipinski definition) is 3. The Morgan fingerprint density at radius 2 is 2.23 bits per heavy atom. The van der Waals surface area contributed by atoms with Gasteiger partial charge >= 0.3 is 0 Å². The zero-order valence-corrected chi connectivity index (χ0v) is 16.6. The van der Waals surface area contributed by atoms with Crippen molar-refractivity contribution in [3.05, 3.63) is 46.5 Å². The fourth-order valence-corrected chi connectivity index (χ4v) is 3.06. The standard InChI is InChI=1S/C19H22FN7O3/c1-21-16-9-15(23-13-4-3-5-26(19(13)29)6-7-30-2)25-17-11(10-22-27(16)17)18(28)24-14-8-12(14)20/h3-5,9-10,12,14,21H,6-8H2,1-2H3,(H,23,25)(H,24,28)/t12-,14+/m0/s1. The first-order valence-electron chi connectivity index (χ1n) is 9.48. The van der Waals surface area contributed by atoms with Crippen molar-refractivity contribution in [1.29, 1.82) is 0 Å². The predicted molar refractivity (Wildman–Crippen MR) is 109 cm³/mol. The van der Waals surface area contributed by atoms with Crippen LogP contribution in [-0.2, 0) is 11.3 Å². The summed E-state index contributed by atoms with van der Waals surface area (Å²) < 4.78 is 21.2. The molecule has 0 bridgehead atoms. The summed E-state index contributed by atoms with van der Waals surface area (Å²) in [4.78, 5) is 29.6. The van der Waals surface area contributed by atoms with Gasteiger partial charge in [0.15, 0.2) is 5.65 Å². The Bertz CT molecular complexity index is 1140. The van der Waals surface area contributed by atoms with Crippen LogP contribution in [0.25, 0.3) is 5.65 Å². The van der Waals surface area contributed by atoms with E-state index in [1.165, 1.54) is 15.3 Å². The number of nitrogens with zero attached hydrogens (tertiary/aromatic N) is 4. The second-order valence-electron chi connectivity index (χ2n) is 6.94. The molecule has 3 aromatic heterocycles. The molecule has 0 aliphatic heterocycles. The molecule has 3 aromatic rings. The topological polar surface area (TPSA) is 115 Å². The number of anilines is 3. The molecule has 3 heterocycles. The van der Waals surface area contributed by atoms with Crippen LogP contribution in [0.1, 0.15) is 16.8 Å². The van der Waals surface area contributed by atoms with Gasteiger partial charge in [0.1, 0.15) is 29.1 Å². The first kappa shape index (κ1) is 19.8. The molecule has 3 N–H and O–H groups in total. The van der Waals surface area contributed by atoms with Gasteiger partial charge in [-0.25, -0.2) is 9.37 Å². The smallest absolute Gasteiger partial charge is 0.274 e. The van der Waals surface area contributed by atoms with Gasteiger partial charge in [0.25, 0.3) is 11.5 Å². The summed E-state index contributed by atoms with van der Waals surface area (Å²) >= 11 is 0. The summed E-state index contributed by atoms with van der Waals surface area (Å²) in [6.45, 7) is 0.829. The molecule has 1 aliphatic carbocycles. The van der Waals surface area contributed by atoms with E-state index in [1.807, 2.05) is 0 Å². The van der Waals surface area contributed by atoms with Crippen molar-refractivity contribution in [2.24, 2.45) is 0 Å². The molecular formula is C19H22FN7O3. The third kappa shape index (κ3) is 3.83. The molecule has 11 heteroatoms. The number of ether oxygens (including phenoxy) is 1. The van der Waals surface area contributed by atoms with Gasteiger partial charge in [-0.3, -0.25) is 9.59 Å². The van der Waals surface area contributed by atoms with Gasteiger partial charge in [-0.1, -0.05) is 0 Å². The Kier molecular flexibility index (Phi) is 5.36. The largest absolute Gasteiger partial charge is 0.383 e. The van der Waals surface area contributed by atoms with Crippen LogP contribution in [0.15, 0.2) is 35.4 Å². The Labute approximate surface area is 171 Å². The number of alkyl halides is 1. The summed E-state index contributed by atoms with van der Waals surface area (Å²) in [5, 5.41) is 12.8. The van der Waals surface area contributed by atoms with Gasteiger partial charge in [0.2, 0.25) is 0 Å². The number of carbonyl (C=O) groups is 1. The van der Waals surface area contributed by atoms with Gasteiger partial charge in [0, 0.05) is 39.4 Å².